The summed E-state index contributed by atoms with van der Waals surface area (Å²) < 4.78 is 16.5. The molecule has 0 bridgehead atoms. The summed E-state index contributed by atoms with van der Waals surface area (Å²) in [6.07, 6.45) is 3.47. The molecule has 0 saturated carbocycles. The number of hydrogen-bond acceptors (Lipinski definition) is 8. The van der Waals surface area contributed by atoms with Crippen molar-refractivity contribution in [3.8, 4) is 17.2 Å². The van der Waals surface area contributed by atoms with E-state index in [1.807, 2.05) is 53.9 Å². The molecule has 31 heavy (non-hydrogen) atoms. The van der Waals surface area contributed by atoms with Gasteiger partial charge in [0.1, 0.15) is 34.8 Å². The second kappa shape index (κ2) is 9.36. The summed E-state index contributed by atoms with van der Waals surface area (Å²) in [5.74, 6) is 1.52. The van der Waals surface area contributed by atoms with Crippen LogP contribution in [0.5, 0.6) is 17.2 Å². The maximum atomic E-state index is 12.7. The predicted octanol–water partition coefficient (Wildman–Crippen LogP) is 5.16. The first kappa shape index (κ1) is 21.1. The van der Waals surface area contributed by atoms with E-state index in [0.717, 1.165) is 22.6 Å². The van der Waals surface area contributed by atoms with Gasteiger partial charge >= 0.3 is 0 Å². The minimum Gasteiger partial charge on any atom is -0.497 e. The first-order valence-electron chi connectivity index (χ1n) is 9.44. The molecular formula is C23H20N2O4S2. The smallest absolute Gasteiger partial charge is 0.186 e. The average molecular weight is 453 g/mol. The molecule has 2 heterocycles. The van der Waals surface area contributed by atoms with Crippen LogP contribution in [0.3, 0.4) is 0 Å². The van der Waals surface area contributed by atoms with Crippen molar-refractivity contribution in [1.29, 1.82) is 5.41 Å². The van der Waals surface area contributed by atoms with E-state index in [9.17, 15) is 4.79 Å². The van der Waals surface area contributed by atoms with Gasteiger partial charge in [0.05, 0.1) is 24.2 Å². The van der Waals surface area contributed by atoms with Crippen molar-refractivity contribution < 1.29 is 19.0 Å². The Bertz CT molecular complexity index is 1120. The summed E-state index contributed by atoms with van der Waals surface area (Å²) >= 11 is 2.60. The Balaban J connectivity index is 1.44. The van der Waals surface area contributed by atoms with Gasteiger partial charge in [-0.3, -0.25) is 10.2 Å². The molecule has 0 unspecified atom stereocenters. The van der Waals surface area contributed by atoms with Crippen molar-refractivity contribution in [2.24, 2.45) is 0 Å². The van der Waals surface area contributed by atoms with Gasteiger partial charge in [0.15, 0.2) is 5.78 Å². The van der Waals surface area contributed by atoms with E-state index in [1.54, 1.807) is 20.4 Å². The van der Waals surface area contributed by atoms with Crippen LogP contribution in [0.15, 0.2) is 58.9 Å². The summed E-state index contributed by atoms with van der Waals surface area (Å²) in [4.78, 5) is 17.5. The third kappa shape index (κ3) is 4.65. The third-order valence-corrected chi connectivity index (χ3v) is 6.58. The Kier molecular flexibility index (Phi) is 6.39. The van der Waals surface area contributed by atoms with E-state index in [0.29, 0.717) is 27.3 Å². The van der Waals surface area contributed by atoms with Gasteiger partial charge in [-0.15, -0.1) is 11.3 Å². The number of thioether (sulfide) groups is 1. The zero-order valence-corrected chi connectivity index (χ0v) is 18.6. The summed E-state index contributed by atoms with van der Waals surface area (Å²) in [5, 5.41) is 11.0. The van der Waals surface area contributed by atoms with Crippen LogP contribution in [-0.2, 0) is 11.4 Å². The van der Waals surface area contributed by atoms with Crippen molar-refractivity contribution >= 4 is 40.0 Å². The highest BCUT2D eigenvalue weighted by Gasteiger charge is 2.38. The third-order valence-electron chi connectivity index (χ3n) is 4.75. The summed E-state index contributed by atoms with van der Waals surface area (Å²) in [5.41, 5.74) is 1.75. The van der Waals surface area contributed by atoms with Crippen molar-refractivity contribution in [3.05, 3.63) is 75.1 Å². The molecule has 4 rings (SSSR count). The van der Waals surface area contributed by atoms with Crippen LogP contribution in [0, 0.1) is 5.41 Å². The number of ketones is 1. The van der Waals surface area contributed by atoms with Gasteiger partial charge in [0.2, 0.25) is 0 Å². The highest BCUT2D eigenvalue weighted by Crippen LogP contribution is 2.41. The zero-order chi connectivity index (χ0) is 21.8. The summed E-state index contributed by atoms with van der Waals surface area (Å²) in [6, 6.07) is 13.1. The Hall–Kier alpha value is -3.10. The molecule has 6 nitrogen and oxygen atoms in total. The van der Waals surface area contributed by atoms with Gasteiger partial charge in [0, 0.05) is 17.1 Å². The fourth-order valence-electron chi connectivity index (χ4n) is 3.16. The molecule has 1 N–H and O–H groups in total. The quantitative estimate of drug-likeness (QED) is 0.499. The SMILES string of the molecule is COc1ccc(OC)c(COc2ccc(/C=C3\SC(=N)[C@@H](c4nccs4)C3=O)cc2)c1. The van der Waals surface area contributed by atoms with Gasteiger partial charge in [-0.05, 0) is 42.0 Å². The lowest BCUT2D eigenvalue weighted by Crippen LogP contribution is -2.11. The molecule has 1 fully saturated rings. The van der Waals surface area contributed by atoms with Crippen molar-refractivity contribution in [2.45, 2.75) is 12.5 Å². The van der Waals surface area contributed by atoms with Crippen LogP contribution >= 0.6 is 23.1 Å². The maximum absolute atomic E-state index is 12.7. The minimum atomic E-state index is -0.572. The number of carbonyl (C=O) groups is 1. The lowest BCUT2D eigenvalue weighted by molar-refractivity contribution is -0.114. The first-order chi connectivity index (χ1) is 15.1. The maximum Gasteiger partial charge on any atom is 0.186 e. The molecule has 1 aromatic heterocycles. The van der Waals surface area contributed by atoms with Crippen LogP contribution in [0.1, 0.15) is 22.1 Å². The average Bonchev–Trinajstić information content (AvgIpc) is 3.40. The minimum absolute atomic E-state index is 0.0737. The molecule has 1 atom stereocenters. The molecule has 0 radical (unpaired) electrons. The molecule has 0 spiro atoms. The van der Waals surface area contributed by atoms with E-state index >= 15 is 0 Å². The number of allylic oxidation sites excluding steroid dienone is 1. The number of methoxy groups -OCH3 is 2. The van der Waals surface area contributed by atoms with Gasteiger partial charge in [-0.1, -0.05) is 23.9 Å². The number of thiazole rings is 1. The second-order valence-corrected chi connectivity index (χ2v) is 8.69. The molecule has 158 valence electrons. The number of hydrogen-bond donors (Lipinski definition) is 1. The Morgan fingerprint density at radius 3 is 2.55 bits per heavy atom. The van der Waals surface area contributed by atoms with Gasteiger partial charge in [0.25, 0.3) is 0 Å². The monoisotopic (exact) mass is 452 g/mol. The number of aromatic nitrogens is 1. The molecule has 1 saturated heterocycles. The second-order valence-electron chi connectivity index (χ2n) is 6.68. The Morgan fingerprint density at radius 1 is 1.10 bits per heavy atom. The topological polar surface area (TPSA) is 81.5 Å². The molecular weight excluding hydrogens is 432 g/mol. The number of carbonyl (C=O) groups excluding carboxylic acids is 1. The number of Topliss-reactive ketones (excluding diaryl/α,β-unsaturated/α-hetero) is 1. The zero-order valence-electron chi connectivity index (χ0n) is 17.0. The molecule has 0 amide bonds. The van der Waals surface area contributed by atoms with Crippen molar-refractivity contribution in [2.75, 3.05) is 14.2 Å². The summed E-state index contributed by atoms with van der Waals surface area (Å²) in [7, 11) is 3.24. The van der Waals surface area contributed by atoms with Crippen LogP contribution in [-0.4, -0.2) is 30.0 Å². The number of rotatable bonds is 7. The van der Waals surface area contributed by atoms with Crippen molar-refractivity contribution in [1.82, 2.24) is 4.98 Å². The van der Waals surface area contributed by atoms with Gasteiger partial charge in [-0.2, -0.15) is 0 Å². The highest BCUT2D eigenvalue weighted by atomic mass is 32.2. The number of benzene rings is 2. The van der Waals surface area contributed by atoms with E-state index in [1.165, 1.54) is 23.1 Å². The summed E-state index contributed by atoms with van der Waals surface area (Å²) in [6.45, 7) is 0.335. The molecule has 0 aliphatic carbocycles. The Morgan fingerprint density at radius 2 is 1.87 bits per heavy atom. The highest BCUT2D eigenvalue weighted by molar-refractivity contribution is 8.19. The molecule has 8 heteroatoms. The first-order valence-corrected chi connectivity index (χ1v) is 11.1. The van der Waals surface area contributed by atoms with Crippen LogP contribution < -0.4 is 14.2 Å². The predicted molar refractivity (Wildman–Crippen MR) is 123 cm³/mol. The Labute approximate surface area is 188 Å². The molecule has 2 aromatic carbocycles. The van der Waals surface area contributed by atoms with Crippen molar-refractivity contribution in [3.63, 3.8) is 0 Å². The van der Waals surface area contributed by atoms with Gasteiger partial charge < -0.3 is 14.2 Å². The van der Waals surface area contributed by atoms with E-state index < -0.39 is 5.92 Å². The largest absolute Gasteiger partial charge is 0.497 e. The van der Waals surface area contributed by atoms with Crippen LogP contribution in [0.2, 0.25) is 0 Å². The molecule has 1 aliphatic rings. The lowest BCUT2D eigenvalue weighted by Gasteiger charge is -2.12. The normalized spacial score (nSPS) is 17.2. The standard InChI is InChI=1S/C23H20N2O4S2/c1-27-17-7-8-18(28-2)15(12-17)13-29-16-5-3-14(4-6-16)11-19-21(26)20(22(24)31-19)23-25-9-10-30-23/h3-12,20,24H,13H2,1-2H3/b19-11-,24-22?/t20-/m0/s1. The number of nitrogens with one attached hydrogen (secondary N) is 1. The molecule has 1 aliphatic heterocycles. The van der Waals surface area contributed by atoms with E-state index in [4.69, 9.17) is 19.6 Å². The van der Waals surface area contributed by atoms with Crippen LogP contribution in [0.25, 0.3) is 6.08 Å². The van der Waals surface area contributed by atoms with Crippen LogP contribution in [0.4, 0.5) is 0 Å². The van der Waals surface area contributed by atoms with Gasteiger partial charge in [-0.25, -0.2) is 4.98 Å². The lowest BCUT2D eigenvalue weighted by atomic mass is 10.1. The number of nitrogens with zero attached hydrogens (tertiary/aromatic N) is 1. The van der Waals surface area contributed by atoms with E-state index in [2.05, 4.69) is 4.98 Å². The fraction of sp³-hybridized carbons (Fsp3) is 0.174. The number of ether oxygens (including phenoxy) is 3. The molecule has 3 aromatic rings. The van der Waals surface area contributed by atoms with E-state index in [-0.39, 0.29) is 5.78 Å². The fourth-order valence-corrected chi connectivity index (χ4v) is 4.96.